The number of carbonyl (C=O) groups is 1. The summed E-state index contributed by atoms with van der Waals surface area (Å²) in [5, 5.41) is 2.95. The number of esters is 1. The van der Waals surface area contributed by atoms with E-state index in [0.717, 1.165) is 0 Å². The second-order valence-corrected chi connectivity index (χ2v) is 4.41. The molecule has 0 amide bonds. The molecule has 7 heteroatoms. The lowest BCUT2D eigenvalue weighted by molar-refractivity contribution is -0.148. The summed E-state index contributed by atoms with van der Waals surface area (Å²) in [6.45, 7) is -0.746. The summed E-state index contributed by atoms with van der Waals surface area (Å²) in [6.07, 6.45) is 0. The molecule has 0 aromatic heterocycles. The first-order chi connectivity index (χ1) is 9.95. The summed E-state index contributed by atoms with van der Waals surface area (Å²) in [6, 6.07) is 6.09. The zero-order chi connectivity index (χ0) is 15.9. The SMILES string of the molecule is COCCNC(C)(C(=O)OC)c1ccccc1OC(F)F. The maximum absolute atomic E-state index is 12.5. The van der Waals surface area contributed by atoms with Crippen LogP contribution in [0.3, 0.4) is 0 Å². The van der Waals surface area contributed by atoms with Crippen molar-refractivity contribution < 1.29 is 27.8 Å². The molecule has 1 atom stereocenters. The van der Waals surface area contributed by atoms with Crippen LogP contribution < -0.4 is 10.1 Å². The molecule has 0 bridgehead atoms. The van der Waals surface area contributed by atoms with Crippen molar-refractivity contribution in [2.75, 3.05) is 27.4 Å². The number of hydrogen-bond acceptors (Lipinski definition) is 5. The zero-order valence-corrected chi connectivity index (χ0v) is 12.2. The molecule has 0 spiro atoms. The molecule has 5 nitrogen and oxygen atoms in total. The maximum Gasteiger partial charge on any atom is 0.387 e. The van der Waals surface area contributed by atoms with Crippen molar-refractivity contribution in [2.45, 2.75) is 19.1 Å². The first kappa shape index (κ1) is 17.3. The van der Waals surface area contributed by atoms with Crippen LogP contribution in [0.1, 0.15) is 12.5 Å². The first-order valence-electron chi connectivity index (χ1n) is 6.32. The summed E-state index contributed by atoms with van der Waals surface area (Å²) in [7, 11) is 2.75. The Morgan fingerprint density at radius 3 is 2.57 bits per heavy atom. The van der Waals surface area contributed by atoms with Crippen molar-refractivity contribution >= 4 is 5.97 Å². The molecule has 1 aromatic rings. The first-order valence-corrected chi connectivity index (χ1v) is 6.32. The molecule has 0 aliphatic carbocycles. The highest BCUT2D eigenvalue weighted by Crippen LogP contribution is 2.31. The summed E-state index contributed by atoms with van der Waals surface area (Å²) in [4.78, 5) is 12.1. The highest BCUT2D eigenvalue weighted by Gasteiger charge is 2.38. The molecule has 0 aliphatic heterocycles. The molecule has 1 unspecified atom stereocenters. The molecule has 0 radical (unpaired) electrons. The van der Waals surface area contributed by atoms with Gasteiger partial charge < -0.3 is 14.2 Å². The number of hydrogen-bond donors (Lipinski definition) is 1. The zero-order valence-electron chi connectivity index (χ0n) is 12.2. The Morgan fingerprint density at radius 2 is 2.00 bits per heavy atom. The Hall–Kier alpha value is -1.73. The predicted molar refractivity (Wildman–Crippen MR) is 72.3 cm³/mol. The minimum Gasteiger partial charge on any atom is -0.467 e. The lowest BCUT2D eigenvalue weighted by Gasteiger charge is -2.30. The number of para-hydroxylation sites is 1. The lowest BCUT2D eigenvalue weighted by Crippen LogP contribution is -2.48. The Morgan fingerprint density at radius 1 is 1.33 bits per heavy atom. The molecule has 0 fully saturated rings. The molecular weight excluding hydrogens is 284 g/mol. The van der Waals surface area contributed by atoms with Crippen LogP contribution in [0.25, 0.3) is 0 Å². The average molecular weight is 303 g/mol. The van der Waals surface area contributed by atoms with Gasteiger partial charge in [-0.15, -0.1) is 0 Å². The van der Waals surface area contributed by atoms with E-state index in [-0.39, 0.29) is 11.3 Å². The van der Waals surface area contributed by atoms with Crippen LogP contribution >= 0.6 is 0 Å². The fourth-order valence-electron chi connectivity index (χ4n) is 1.96. The third-order valence-corrected chi connectivity index (χ3v) is 3.02. The van der Waals surface area contributed by atoms with Gasteiger partial charge in [0.05, 0.1) is 13.7 Å². The molecule has 0 heterocycles. The maximum atomic E-state index is 12.5. The molecule has 1 rings (SSSR count). The van der Waals surface area contributed by atoms with Crippen LogP contribution in [0, 0.1) is 0 Å². The van der Waals surface area contributed by atoms with Crippen molar-refractivity contribution in [1.29, 1.82) is 0 Å². The normalized spacial score (nSPS) is 13.8. The highest BCUT2D eigenvalue weighted by atomic mass is 19.3. The van der Waals surface area contributed by atoms with Gasteiger partial charge in [0.1, 0.15) is 11.3 Å². The van der Waals surface area contributed by atoms with Gasteiger partial charge in [0, 0.05) is 19.2 Å². The largest absolute Gasteiger partial charge is 0.467 e. The summed E-state index contributed by atoms with van der Waals surface area (Å²) < 4.78 is 39.2. The molecule has 0 aliphatic rings. The fraction of sp³-hybridized carbons (Fsp3) is 0.500. The minimum atomic E-state index is -2.98. The molecule has 21 heavy (non-hydrogen) atoms. The Kier molecular flexibility index (Phi) is 6.51. The van der Waals surface area contributed by atoms with Crippen LogP contribution in [-0.2, 0) is 19.8 Å². The van der Waals surface area contributed by atoms with Crippen molar-refractivity contribution in [3.05, 3.63) is 29.8 Å². The third-order valence-electron chi connectivity index (χ3n) is 3.02. The Labute approximate surface area is 122 Å². The van der Waals surface area contributed by atoms with Gasteiger partial charge in [0.25, 0.3) is 0 Å². The molecular formula is C14H19F2NO4. The number of ether oxygens (including phenoxy) is 3. The number of benzene rings is 1. The van der Waals surface area contributed by atoms with Crippen LogP contribution in [0.4, 0.5) is 8.78 Å². The Bertz CT molecular complexity index is 470. The van der Waals surface area contributed by atoms with E-state index in [1.54, 1.807) is 19.1 Å². The number of rotatable bonds is 8. The van der Waals surface area contributed by atoms with Gasteiger partial charge in [0.2, 0.25) is 0 Å². The second kappa shape index (κ2) is 7.90. The van der Waals surface area contributed by atoms with E-state index in [1.807, 2.05) is 0 Å². The van der Waals surface area contributed by atoms with Gasteiger partial charge in [-0.3, -0.25) is 5.32 Å². The van der Waals surface area contributed by atoms with Gasteiger partial charge in [-0.05, 0) is 13.0 Å². The smallest absolute Gasteiger partial charge is 0.387 e. The molecule has 1 aromatic carbocycles. The van der Waals surface area contributed by atoms with Gasteiger partial charge in [-0.1, -0.05) is 18.2 Å². The number of alkyl halides is 2. The number of halogens is 2. The van der Waals surface area contributed by atoms with Crippen LogP contribution in [0.15, 0.2) is 24.3 Å². The van der Waals surface area contributed by atoms with Crippen LogP contribution in [0.2, 0.25) is 0 Å². The van der Waals surface area contributed by atoms with Gasteiger partial charge in [-0.2, -0.15) is 8.78 Å². The van der Waals surface area contributed by atoms with Crippen molar-refractivity contribution in [2.24, 2.45) is 0 Å². The van der Waals surface area contributed by atoms with E-state index < -0.39 is 18.1 Å². The molecule has 118 valence electrons. The second-order valence-electron chi connectivity index (χ2n) is 4.41. The standard InChI is InChI=1S/C14H19F2NO4/c1-14(12(18)20-3,17-8-9-19-2)10-6-4-5-7-11(10)21-13(15)16/h4-7,13,17H,8-9H2,1-3H3. The lowest BCUT2D eigenvalue weighted by atomic mass is 9.91. The van der Waals surface area contributed by atoms with Gasteiger partial charge >= 0.3 is 12.6 Å². The van der Waals surface area contributed by atoms with Gasteiger partial charge in [0.15, 0.2) is 0 Å². The monoisotopic (exact) mass is 303 g/mol. The predicted octanol–water partition coefficient (Wildman–Crippen LogP) is 1.91. The van der Waals surface area contributed by atoms with Crippen molar-refractivity contribution in [3.8, 4) is 5.75 Å². The average Bonchev–Trinajstić information content (AvgIpc) is 2.46. The van der Waals surface area contributed by atoms with Gasteiger partial charge in [-0.25, -0.2) is 4.79 Å². The van der Waals surface area contributed by atoms with E-state index >= 15 is 0 Å². The summed E-state index contributed by atoms with van der Waals surface area (Å²) in [5.41, 5.74) is -1.05. The van der Waals surface area contributed by atoms with Crippen LogP contribution in [-0.4, -0.2) is 40.0 Å². The third kappa shape index (κ3) is 4.37. The van der Waals surface area contributed by atoms with E-state index in [1.165, 1.54) is 26.4 Å². The van der Waals surface area contributed by atoms with Crippen molar-refractivity contribution in [1.82, 2.24) is 5.32 Å². The Balaban J connectivity index is 3.16. The van der Waals surface area contributed by atoms with E-state index in [0.29, 0.717) is 13.2 Å². The quantitative estimate of drug-likeness (QED) is 0.587. The molecule has 0 saturated carbocycles. The van der Waals surface area contributed by atoms with E-state index in [9.17, 15) is 13.6 Å². The minimum absolute atomic E-state index is 0.0784. The number of methoxy groups -OCH3 is 2. The number of nitrogens with one attached hydrogen (secondary N) is 1. The van der Waals surface area contributed by atoms with E-state index in [4.69, 9.17) is 9.47 Å². The summed E-state index contributed by atoms with van der Waals surface area (Å²) in [5.74, 6) is -0.686. The molecule has 0 saturated heterocycles. The topological polar surface area (TPSA) is 56.8 Å². The van der Waals surface area contributed by atoms with E-state index in [2.05, 4.69) is 10.1 Å². The number of carbonyl (C=O) groups excluding carboxylic acids is 1. The summed E-state index contributed by atoms with van der Waals surface area (Å²) >= 11 is 0. The highest BCUT2D eigenvalue weighted by molar-refractivity contribution is 5.83. The van der Waals surface area contributed by atoms with Crippen molar-refractivity contribution in [3.63, 3.8) is 0 Å². The fourth-order valence-corrected chi connectivity index (χ4v) is 1.96. The van der Waals surface area contributed by atoms with Crippen LogP contribution in [0.5, 0.6) is 5.75 Å². The molecule has 1 N–H and O–H groups in total.